The third kappa shape index (κ3) is 7.84. The highest BCUT2D eigenvalue weighted by atomic mass is 16.5. The van der Waals surface area contributed by atoms with E-state index in [0.717, 1.165) is 12.5 Å². The van der Waals surface area contributed by atoms with Crippen LogP contribution < -0.4 is 10.6 Å². The topological polar surface area (TPSA) is 128 Å². The van der Waals surface area contributed by atoms with E-state index >= 15 is 0 Å². The zero-order valence-corrected chi connectivity index (χ0v) is 16.3. The zero-order chi connectivity index (χ0) is 20.6. The summed E-state index contributed by atoms with van der Waals surface area (Å²) in [4.78, 5) is 23.6. The van der Waals surface area contributed by atoms with Crippen LogP contribution in [0.25, 0.3) is 0 Å². The molecule has 0 aliphatic heterocycles. The zero-order valence-electron chi connectivity index (χ0n) is 16.3. The summed E-state index contributed by atoms with van der Waals surface area (Å²) in [5, 5.41) is 34.9. The lowest BCUT2D eigenvalue weighted by Gasteiger charge is -2.28. The lowest BCUT2D eigenvalue weighted by molar-refractivity contribution is -0.121. The maximum absolute atomic E-state index is 12.1. The van der Waals surface area contributed by atoms with Crippen LogP contribution in [0.5, 0.6) is 11.5 Å². The van der Waals surface area contributed by atoms with Gasteiger partial charge in [-0.2, -0.15) is 0 Å². The Hall–Kier alpha value is -2.32. The number of nitrogens with one attached hydrogen (secondary N) is 2. The second kappa shape index (κ2) is 10.1. The lowest BCUT2D eigenvalue weighted by Crippen LogP contribution is -2.51. The third-order valence-electron chi connectivity index (χ3n) is 3.97. The van der Waals surface area contributed by atoms with E-state index in [9.17, 15) is 24.9 Å². The molecule has 5 N–H and O–H groups in total. The van der Waals surface area contributed by atoms with Crippen LogP contribution in [-0.2, 0) is 9.53 Å². The summed E-state index contributed by atoms with van der Waals surface area (Å²) in [6.07, 6.45) is 0.314. The number of aliphatic hydroxyl groups is 1. The molecule has 8 heteroatoms. The molecule has 8 nitrogen and oxygen atoms in total. The fraction of sp³-hybridized carbons (Fsp3) is 0.579. The Balaban J connectivity index is 2.44. The van der Waals surface area contributed by atoms with Gasteiger partial charge in [-0.25, -0.2) is 4.79 Å². The third-order valence-corrected chi connectivity index (χ3v) is 3.97. The largest absolute Gasteiger partial charge is 0.504 e. The highest BCUT2D eigenvalue weighted by Crippen LogP contribution is 2.28. The van der Waals surface area contributed by atoms with Crippen molar-refractivity contribution < 1.29 is 29.6 Å². The van der Waals surface area contributed by atoms with Crippen molar-refractivity contribution in [3.8, 4) is 11.5 Å². The second-order valence-electron chi connectivity index (χ2n) is 7.20. The van der Waals surface area contributed by atoms with Gasteiger partial charge >= 0.3 is 5.97 Å². The molecule has 0 fully saturated rings. The Morgan fingerprint density at radius 1 is 1.22 bits per heavy atom. The van der Waals surface area contributed by atoms with Crippen molar-refractivity contribution in [3.63, 3.8) is 0 Å². The number of aromatic hydroxyl groups is 2. The molecule has 1 atom stereocenters. The summed E-state index contributed by atoms with van der Waals surface area (Å²) in [5.41, 5.74) is 0.129. The summed E-state index contributed by atoms with van der Waals surface area (Å²) >= 11 is 0. The van der Waals surface area contributed by atoms with Crippen LogP contribution in [0.2, 0.25) is 0 Å². The molecule has 1 unspecified atom stereocenters. The first-order chi connectivity index (χ1) is 12.6. The maximum atomic E-state index is 12.1. The SMILES string of the molecule is CCCC(=O)NCC(C)(C)NCC(O)COC(=O)c1cc(O)c(O)cc1C. The number of aliphatic hydroxyl groups excluding tert-OH is 1. The van der Waals surface area contributed by atoms with Crippen LogP contribution in [0.15, 0.2) is 12.1 Å². The molecule has 1 aromatic rings. The number of esters is 1. The minimum absolute atomic E-state index is 0.0191. The highest BCUT2D eigenvalue weighted by molar-refractivity contribution is 5.92. The summed E-state index contributed by atoms with van der Waals surface area (Å²) in [6.45, 7) is 7.66. The minimum atomic E-state index is -0.939. The molecule has 0 heterocycles. The van der Waals surface area contributed by atoms with Crippen molar-refractivity contribution in [2.45, 2.75) is 52.2 Å². The number of carbonyl (C=O) groups excluding carboxylic acids is 2. The lowest BCUT2D eigenvalue weighted by atomic mass is 10.1. The van der Waals surface area contributed by atoms with Crippen molar-refractivity contribution in [1.82, 2.24) is 10.6 Å². The maximum Gasteiger partial charge on any atom is 0.338 e. The first-order valence-corrected chi connectivity index (χ1v) is 8.95. The van der Waals surface area contributed by atoms with Crippen LogP contribution in [0.4, 0.5) is 0 Å². The smallest absolute Gasteiger partial charge is 0.338 e. The highest BCUT2D eigenvalue weighted by Gasteiger charge is 2.21. The molecule has 0 bridgehead atoms. The van der Waals surface area contributed by atoms with E-state index in [0.29, 0.717) is 18.5 Å². The van der Waals surface area contributed by atoms with Gasteiger partial charge in [0.1, 0.15) is 12.7 Å². The standard InChI is InChI=1S/C19H30N2O6/c1-5-6-17(25)20-11-19(3,4)21-9-13(22)10-27-18(26)14-8-16(24)15(23)7-12(14)2/h7-8,13,21-24H,5-6,9-11H2,1-4H3,(H,20,25). The number of β-amino-alcohol motifs (C(OH)–C–C–N with tert-alkyl or cyclic N) is 1. The van der Waals surface area contributed by atoms with Gasteiger partial charge in [0.15, 0.2) is 11.5 Å². The molecular weight excluding hydrogens is 352 g/mol. The van der Waals surface area contributed by atoms with E-state index in [1.165, 1.54) is 6.07 Å². The number of hydrogen-bond donors (Lipinski definition) is 5. The molecule has 1 aromatic carbocycles. The molecule has 0 aliphatic rings. The number of ether oxygens (including phenoxy) is 1. The first kappa shape index (κ1) is 22.7. The van der Waals surface area contributed by atoms with E-state index in [1.807, 2.05) is 20.8 Å². The predicted molar refractivity (Wildman–Crippen MR) is 101 cm³/mol. The van der Waals surface area contributed by atoms with E-state index in [2.05, 4.69) is 10.6 Å². The molecule has 1 rings (SSSR count). The first-order valence-electron chi connectivity index (χ1n) is 8.95. The van der Waals surface area contributed by atoms with Crippen LogP contribution in [0.3, 0.4) is 0 Å². The Morgan fingerprint density at radius 2 is 1.85 bits per heavy atom. The van der Waals surface area contributed by atoms with Crippen molar-refractivity contribution >= 4 is 11.9 Å². The number of amides is 1. The number of phenols is 2. The number of carbonyl (C=O) groups is 2. The summed E-state index contributed by atoms with van der Waals surface area (Å²) in [5.74, 6) is -1.45. The van der Waals surface area contributed by atoms with Gasteiger partial charge in [0, 0.05) is 25.0 Å². The van der Waals surface area contributed by atoms with Crippen LogP contribution >= 0.6 is 0 Å². The van der Waals surface area contributed by atoms with Crippen LogP contribution in [0, 0.1) is 6.92 Å². The Morgan fingerprint density at radius 3 is 2.48 bits per heavy atom. The van der Waals surface area contributed by atoms with Gasteiger partial charge < -0.3 is 30.7 Å². The average molecular weight is 382 g/mol. The fourth-order valence-corrected chi connectivity index (χ4v) is 2.30. The van der Waals surface area contributed by atoms with Gasteiger partial charge in [0.25, 0.3) is 0 Å². The number of benzene rings is 1. The van der Waals surface area contributed by atoms with Crippen molar-refractivity contribution in [2.24, 2.45) is 0 Å². The van der Waals surface area contributed by atoms with Gasteiger partial charge in [0.2, 0.25) is 5.91 Å². The van der Waals surface area contributed by atoms with Gasteiger partial charge in [-0.05, 0) is 44.9 Å². The molecular formula is C19H30N2O6. The average Bonchev–Trinajstić information content (AvgIpc) is 2.59. The van der Waals surface area contributed by atoms with Crippen molar-refractivity contribution in [2.75, 3.05) is 19.7 Å². The van der Waals surface area contributed by atoms with Crippen molar-refractivity contribution in [1.29, 1.82) is 0 Å². The van der Waals surface area contributed by atoms with E-state index < -0.39 is 23.4 Å². The molecule has 0 saturated carbocycles. The van der Waals surface area contributed by atoms with Crippen LogP contribution in [0.1, 0.15) is 49.5 Å². The van der Waals surface area contributed by atoms with Gasteiger partial charge in [-0.3, -0.25) is 4.79 Å². The van der Waals surface area contributed by atoms with Crippen molar-refractivity contribution in [3.05, 3.63) is 23.3 Å². The summed E-state index contributed by atoms with van der Waals surface area (Å²) < 4.78 is 5.07. The summed E-state index contributed by atoms with van der Waals surface area (Å²) in [7, 11) is 0. The second-order valence-corrected chi connectivity index (χ2v) is 7.20. The Kier molecular flexibility index (Phi) is 8.52. The number of hydrogen-bond acceptors (Lipinski definition) is 7. The Labute approximate surface area is 159 Å². The molecule has 27 heavy (non-hydrogen) atoms. The summed E-state index contributed by atoms with van der Waals surface area (Å²) in [6, 6.07) is 2.39. The van der Waals surface area contributed by atoms with E-state index in [1.54, 1.807) is 6.92 Å². The van der Waals surface area contributed by atoms with E-state index in [4.69, 9.17) is 4.74 Å². The molecule has 152 valence electrons. The fourth-order valence-electron chi connectivity index (χ4n) is 2.30. The number of aryl methyl sites for hydroxylation is 1. The van der Waals surface area contributed by atoms with Gasteiger partial charge in [-0.1, -0.05) is 6.92 Å². The van der Waals surface area contributed by atoms with Gasteiger partial charge in [0.05, 0.1) is 5.56 Å². The molecule has 0 saturated heterocycles. The monoisotopic (exact) mass is 382 g/mol. The number of rotatable bonds is 10. The molecule has 0 aromatic heterocycles. The molecule has 0 spiro atoms. The molecule has 0 aliphatic carbocycles. The molecule has 0 radical (unpaired) electrons. The Bertz CT molecular complexity index is 660. The quantitative estimate of drug-likeness (QED) is 0.304. The molecule has 1 amide bonds. The minimum Gasteiger partial charge on any atom is -0.504 e. The van der Waals surface area contributed by atoms with Gasteiger partial charge in [-0.15, -0.1) is 0 Å². The predicted octanol–water partition coefficient (Wildman–Crippen LogP) is 1.21. The van der Waals surface area contributed by atoms with Crippen LogP contribution in [-0.4, -0.2) is 58.5 Å². The number of phenolic OH excluding ortho intramolecular Hbond substituents is 2. The van der Waals surface area contributed by atoms with E-state index in [-0.39, 0.29) is 30.4 Å². The normalized spacial score (nSPS) is 12.5.